The van der Waals surface area contributed by atoms with Crippen LogP contribution in [-0.2, 0) is 9.84 Å². The van der Waals surface area contributed by atoms with Crippen LogP contribution in [-0.4, -0.2) is 8.42 Å². The summed E-state index contributed by atoms with van der Waals surface area (Å²) in [6.07, 6.45) is 0. The fraction of sp³-hybridized carbons (Fsp3) is 0.0476. The van der Waals surface area contributed by atoms with E-state index in [2.05, 4.69) is 22.6 Å². The highest BCUT2D eigenvalue weighted by Crippen LogP contribution is 2.39. The van der Waals surface area contributed by atoms with E-state index in [0.717, 1.165) is 11.1 Å². The zero-order valence-electron chi connectivity index (χ0n) is 13.7. The van der Waals surface area contributed by atoms with Crippen molar-refractivity contribution in [2.45, 2.75) is 11.8 Å². The molecule has 0 aliphatic carbocycles. The summed E-state index contributed by atoms with van der Waals surface area (Å²) < 4.78 is 27.7. The summed E-state index contributed by atoms with van der Waals surface area (Å²) in [6.45, 7) is 1.82. The Morgan fingerprint density at radius 3 is 1.76 bits per heavy atom. The molecular weight excluding hydrogens is 443 g/mol. The van der Waals surface area contributed by atoms with Crippen molar-refractivity contribution < 1.29 is 8.42 Å². The molecule has 3 rings (SSSR count). The average molecular weight is 460 g/mol. The van der Waals surface area contributed by atoms with Crippen LogP contribution < -0.4 is 0 Å². The third-order valence-electron chi connectivity index (χ3n) is 3.91. The zero-order valence-corrected chi connectivity index (χ0v) is 16.7. The second-order valence-electron chi connectivity index (χ2n) is 5.64. The molecule has 0 spiro atoms. The first-order chi connectivity index (χ1) is 12.0. The third-order valence-corrected chi connectivity index (χ3v) is 7.46. The van der Waals surface area contributed by atoms with Crippen LogP contribution in [0.15, 0.2) is 89.8 Å². The molecule has 126 valence electrons. The Balaban J connectivity index is 2.32. The lowest BCUT2D eigenvalue weighted by Gasteiger charge is -2.15. The zero-order chi connectivity index (χ0) is 17.9. The average Bonchev–Trinajstić information content (AvgIpc) is 2.63. The molecule has 0 unspecified atom stereocenters. The first kappa shape index (κ1) is 17.9. The molecule has 0 aliphatic heterocycles. The van der Waals surface area contributed by atoms with Gasteiger partial charge in [0.05, 0.1) is 9.80 Å². The third kappa shape index (κ3) is 3.70. The largest absolute Gasteiger partial charge is 0.218 e. The molecule has 0 saturated heterocycles. The SMILES string of the molecule is Cc1ccccc1S(=O)(=O)C(=C(I)c1ccccc1)c1ccccc1. The van der Waals surface area contributed by atoms with Crippen LogP contribution in [0.4, 0.5) is 0 Å². The van der Waals surface area contributed by atoms with Gasteiger partial charge in [-0.1, -0.05) is 78.9 Å². The first-order valence-electron chi connectivity index (χ1n) is 7.83. The number of rotatable bonds is 4. The molecule has 0 radical (unpaired) electrons. The molecule has 0 atom stereocenters. The first-order valence-corrected chi connectivity index (χ1v) is 10.4. The summed E-state index contributed by atoms with van der Waals surface area (Å²) >= 11 is 2.14. The Hall–Kier alpha value is -1.92. The van der Waals surface area contributed by atoms with Gasteiger partial charge >= 0.3 is 0 Å². The summed E-state index contributed by atoms with van der Waals surface area (Å²) in [5.41, 5.74) is 2.33. The number of benzene rings is 3. The van der Waals surface area contributed by atoms with Crippen LogP contribution in [0.3, 0.4) is 0 Å². The monoisotopic (exact) mass is 460 g/mol. The maximum atomic E-state index is 13.5. The number of halogens is 1. The summed E-state index contributed by atoms with van der Waals surface area (Å²) in [5, 5.41) is 0. The Kier molecular flexibility index (Phi) is 5.39. The molecule has 2 nitrogen and oxygen atoms in total. The summed E-state index contributed by atoms with van der Waals surface area (Å²) in [4.78, 5) is 0.688. The highest BCUT2D eigenvalue weighted by molar-refractivity contribution is 14.1. The van der Waals surface area contributed by atoms with Crippen LogP contribution in [0.1, 0.15) is 16.7 Å². The van der Waals surface area contributed by atoms with Crippen LogP contribution in [0.2, 0.25) is 0 Å². The summed E-state index contributed by atoms with van der Waals surface area (Å²) in [6, 6.07) is 26.0. The smallest absolute Gasteiger partial charge is 0.208 e. The minimum absolute atomic E-state index is 0.342. The van der Waals surface area contributed by atoms with E-state index >= 15 is 0 Å². The van der Waals surface area contributed by atoms with Crippen molar-refractivity contribution in [2.75, 3.05) is 0 Å². The predicted molar refractivity (Wildman–Crippen MR) is 112 cm³/mol. The van der Waals surface area contributed by atoms with E-state index in [0.29, 0.717) is 18.9 Å². The van der Waals surface area contributed by atoms with E-state index in [1.807, 2.05) is 79.7 Å². The van der Waals surface area contributed by atoms with Crippen molar-refractivity contribution in [3.63, 3.8) is 0 Å². The Morgan fingerprint density at radius 2 is 1.20 bits per heavy atom. The minimum Gasteiger partial charge on any atom is -0.218 e. The van der Waals surface area contributed by atoms with E-state index in [9.17, 15) is 8.42 Å². The van der Waals surface area contributed by atoms with Crippen molar-refractivity contribution in [3.8, 4) is 0 Å². The highest BCUT2D eigenvalue weighted by Gasteiger charge is 2.27. The summed E-state index contributed by atoms with van der Waals surface area (Å²) in [7, 11) is -3.66. The lowest BCUT2D eigenvalue weighted by Crippen LogP contribution is -2.07. The standard InChI is InChI=1S/C21H17IO2S/c1-16-10-8-9-15-19(16)25(23,24)21(18-13-6-3-7-14-18)20(22)17-11-4-2-5-12-17/h2-15H,1H3. The quantitative estimate of drug-likeness (QED) is 0.368. The number of hydrogen-bond donors (Lipinski definition) is 0. The van der Waals surface area contributed by atoms with Crippen LogP contribution >= 0.6 is 22.6 Å². The molecule has 25 heavy (non-hydrogen) atoms. The maximum absolute atomic E-state index is 13.5. The van der Waals surface area contributed by atoms with Gasteiger partial charge in [-0.3, -0.25) is 0 Å². The minimum atomic E-state index is -3.66. The molecule has 0 aliphatic rings. The normalized spacial score (nSPS) is 12.6. The molecule has 0 N–H and O–H groups in total. The lowest BCUT2D eigenvalue weighted by molar-refractivity contribution is 0.605. The predicted octanol–water partition coefficient (Wildman–Crippen LogP) is 5.73. The molecule has 0 heterocycles. The van der Waals surface area contributed by atoms with Crippen LogP contribution in [0, 0.1) is 6.92 Å². The molecule has 3 aromatic rings. The van der Waals surface area contributed by atoms with Gasteiger partial charge in [-0.25, -0.2) is 8.42 Å². The topological polar surface area (TPSA) is 34.1 Å². The van der Waals surface area contributed by atoms with Crippen molar-refractivity contribution in [1.82, 2.24) is 0 Å². The molecule has 4 heteroatoms. The highest BCUT2D eigenvalue weighted by atomic mass is 127. The second-order valence-corrected chi connectivity index (χ2v) is 8.58. The van der Waals surface area contributed by atoms with Gasteiger partial charge in [-0.2, -0.15) is 0 Å². The molecule has 3 aromatic carbocycles. The van der Waals surface area contributed by atoms with Crippen LogP contribution in [0.5, 0.6) is 0 Å². The van der Waals surface area contributed by atoms with Crippen molar-refractivity contribution in [2.24, 2.45) is 0 Å². The number of aryl methyl sites for hydroxylation is 1. The van der Waals surface area contributed by atoms with Crippen molar-refractivity contribution in [3.05, 3.63) is 102 Å². The fourth-order valence-corrected chi connectivity index (χ4v) is 5.98. The van der Waals surface area contributed by atoms with Crippen molar-refractivity contribution in [1.29, 1.82) is 0 Å². The lowest BCUT2D eigenvalue weighted by atomic mass is 10.1. The van der Waals surface area contributed by atoms with Crippen LogP contribution in [0.25, 0.3) is 8.48 Å². The van der Waals surface area contributed by atoms with Gasteiger partial charge in [-0.15, -0.1) is 0 Å². The molecule has 0 amide bonds. The van der Waals surface area contributed by atoms with Crippen molar-refractivity contribution >= 4 is 40.9 Å². The Bertz CT molecular complexity index is 1010. The fourth-order valence-electron chi connectivity index (χ4n) is 2.67. The van der Waals surface area contributed by atoms with E-state index < -0.39 is 9.84 Å². The van der Waals surface area contributed by atoms with Gasteiger partial charge in [0.25, 0.3) is 0 Å². The Labute approximate surface area is 162 Å². The number of sulfone groups is 1. The van der Waals surface area contributed by atoms with Gasteiger partial charge in [0.1, 0.15) is 0 Å². The van der Waals surface area contributed by atoms with Gasteiger partial charge in [0.2, 0.25) is 9.84 Å². The van der Waals surface area contributed by atoms with Gasteiger partial charge in [0.15, 0.2) is 0 Å². The Morgan fingerprint density at radius 1 is 0.720 bits per heavy atom. The van der Waals surface area contributed by atoms with E-state index in [1.165, 1.54) is 0 Å². The molecule has 0 saturated carbocycles. The summed E-state index contributed by atoms with van der Waals surface area (Å²) in [5.74, 6) is 0. The molecular formula is C21H17IO2S. The van der Waals surface area contributed by atoms with E-state index in [-0.39, 0.29) is 0 Å². The maximum Gasteiger partial charge on any atom is 0.208 e. The second kappa shape index (κ2) is 7.54. The molecule has 0 aromatic heterocycles. The number of hydrogen-bond acceptors (Lipinski definition) is 2. The molecule has 0 bridgehead atoms. The van der Waals surface area contributed by atoms with E-state index in [4.69, 9.17) is 0 Å². The van der Waals surface area contributed by atoms with Gasteiger partial charge in [0, 0.05) is 3.58 Å². The van der Waals surface area contributed by atoms with Gasteiger partial charge in [-0.05, 0) is 52.3 Å². The van der Waals surface area contributed by atoms with Gasteiger partial charge < -0.3 is 0 Å². The molecule has 0 fully saturated rings. The van der Waals surface area contributed by atoms with E-state index in [1.54, 1.807) is 12.1 Å².